The fourth-order valence-electron chi connectivity index (χ4n) is 1.68. The maximum Gasteiger partial charge on any atom is 0.231 e. The minimum Gasteiger partial charge on any atom is -0.454 e. The molecule has 0 bridgehead atoms. The summed E-state index contributed by atoms with van der Waals surface area (Å²) in [6.45, 7) is 3.82. The summed E-state index contributed by atoms with van der Waals surface area (Å²) in [5.74, 6) is 1.70. The number of nitrogens with one attached hydrogen (secondary N) is 1. The van der Waals surface area contributed by atoms with Crippen molar-refractivity contribution in [2.24, 2.45) is 5.73 Å². The molecule has 1 aromatic carbocycles. The zero-order chi connectivity index (χ0) is 10.7. The second kappa shape index (κ2) is 4.51. The molecule has 4 nitrogen and oxygen atoms in total. The third-order valence-electron chi connectivity index (χ3n) is 2.55. The molecule has 2 rings (SSSR count). The Morgan fingerprint density at radius 3 is 2.80 bits per heavy atom. The fourth-order valence-corrected chi connectivity index (χ4v) is 1.68. The van der Waals surface area contributed by atoms with Gasteiger partial charge in [0.2, 0.25) is 6.79 Å². The van der Waals surface area contributed by atoms with Gasteiger partial charge in [-0.05, 0) is 36.6 Å². The van der Waals surface area contributed by atoms with Crippen LogP contribution in [0.2, 0.25) is 0 Å². The molecule has 4 heteroatoms. The van der Waals surface area contributed by atoms with E-state index in [9.17, 15) is 0 Å². The predicted octanol–water partition coefficient (Wildman–Crippen LogP) is 0.772. The molecule has 15 heavy (non-hydrogen) atoms. The van der Waals surface area contributed by atoms with Crippen LogP contribution < -0.4 is 20.5 Å². The van der Waals surface area contributed by atoms with E-state index in [0.717, 1.165) is 24.5 Å². The van der Waals surface area contributed by atoms with Gasteiger partial charge in [-0.15, -0.1) is 0 Å². The minimum absolute atomic E-state index is 0.333. The van der Waals surface area contributed by atoms with Crippen LogP contribution in [0.4, 0.5) is 0 Å². The van der Waals surface area contributed by atoms with Crippen LogP contribution in [-0.2, 0) is 6.42 Å². The van der Waals surface area contributed by atoms with Crippen molar-refractivity contribution >= 4 is 0 Å². The number of nitrogens with two attached hydrogens (primary N) is 1. The van der Waals surface area contributed by atoms with Gasteiger partial charge < -0.3 is 20.5 Å². The number of rotatable bonds is 4. The highest BCUT2D eigenvalue weighted by atomic mass is 16.7. The molecular weight excluding hydrogens is 192 g/mol. The summed E-state index contributed by atoms with van der Waals surface area (Å²) in [5.41, 5.74) is 7.88. The van der Waals surface area contributed by atoms with Crippen molar-refractivity contribution < 1.29 is 9.47 Å². The number of aryl methyl sites for hydroxylation is 1. The van der Waals surface area contributed by atoms with Gasteiger partial charge in [0, 0.05) is 13.2 Å². The summed E-state index contributed by atoms with van der Waals surface area (Å²) in [7, 11) is 0. The van der Waals surface area contributed by atoms with E-state index < -0.39 is 0 Å². The Morgan fingerprint density at radius 2 is 2.07 bits per heavy atom. The monoisotopic (exact) mass is 208 g/mol. The van der Waals surface area contributed by atoms with E-state index in [1.54, 1.807) is 0 Å². The summed E-state index contributed by atoms with van der Waals surface area (Å²) >= 11 is 0. The number of fused-ring (bicyclic) bond motifs is 1. The maximum atomic E-state index is 5.37. The van der Waals surface area contributed by atoms with Crippen molar-refractivity contribution in [3.63, 3.8) is 0 Å². The molecule has 0 aromatic heterocycles. The zero-order valence-corrected chi connectivity index (χ0v) is 8.88. The normalized spacial score (nSPS) is 13.2. The lowest BCUT2D eigenvalue weighted by molar-refractivity contribution is 0.174. The Bertz CT molecular complexity index is 353. The Kier molecular flexibility index (Phi) is 3.08. The minimum atomic E-state index is 0.333. The standard InChI is InChI=1S/C11H16N2O2/c1-8-4-10-11(15-7-14-10)5-9(8)2-3-13-6-12/h4-5,13H,2-3,6-7,12H2,1H3. The Balaban J connectivity index is 2.10. The highest BCUT2D eigenvalue weighted by molar-refractivity contribution is 5.48. The zero-order valence-electron chi connectivity index (χ0n) is 8.88. The molecule has 1 aromatic rings. The van der Waals surface area contributed by atoms with Gasteiger partial charge in [0.1, 0.15) is 0 Å². The molecule has 0 amide bonds. The van der Waals surface area contributed by atoms with Crippen LogP contribution in [0.15, 0.2) is 12.1 Å². The van der Waals surface area contributed by atoms with Crippen molar-refractivity contribution in [3.8, 4) is 11.5 Å². The number of hydrogen-bond acceptors (Lipinski definition) is 4. The number of hydrogen-bond donors (Lipinski definition) is 2. The average molecular weight is 208 g/mol. The first-order valence-corrected chi connectivity index (χ1v) is 5.11. The van der Waals surface area contributed by atoms with Gasteiger partial charge in [-0.25, -0.2) is 0 Å². The Morgan fingerprint density at radius 1 is 1.33 bits per heavy atom. The predicted molar refractivity (Wildman–Crippen MR) is 58.1 cm³/mol. The van der Waals surface area contributed by atoms with E-state index in [-0.39, 0.29) is 0 Å². The van der Waals surface area contributed by atoms with Crippen LogP contribution >= 0.6 is 0 Å². The molecular formula is C11H16N2O2. The first-order chi connectivity index (χ1) is 7.31. The van der Waals surface area contributed by atoms with Crippen LogP contribution in [0.25, 0.3) is 0 Å². The molecule has 0 spiro atoms. The van der Waals surface area contributed by atoms with Gasteiger partial charge in [-0.2, -0.15) is 0 Å². The molecule has 0 radical (unpaired) electrons. The SMILES string of the molecule is Cc1cc2c(cc1CCNCN)OCO2. The highest BCUT2D eigenvalue weighted by Crippen LogP contribution is 2.34. The third-order valence-corrected chi connectivity index (χ3v) is 2.55. The van der Waals surface area contributed by atoms with Gasteiger partial charge >= 0.3 is 0 Å². The van der Waals surface area contributed by atoms with E-state index in [0.29, 0.717) is 13.5 Å². The van der Waals surface area contributed by atoms with Crippen molar-refractivity contribution in [2.45, 2.75) is 13.3 Å². The number of benzene rings is 1. The van der Waals surface area contributed by atoms with E-state index in [4.69, 9.17) is 15.2 Å². The quantitative estimate of drug-likeness (QED) is 0.567. The first kappa shape index (κ1) is 10.3. The topological polar surface area (TPSA) is 56.5 Å². The van der Waals surface area contributed by atoms with Gasteiger partial charge in [0.05, 0.1) is 0 Å². The molecule has 0 aliphatic carbocycles. The van der Waals surface area contributed by atoms with Gasteiger partial charge in [0.15, 0.2) is 11.5 Å². The van der Waals surface area contributed by atoms with E-state index >= 15 is 0 Å². The fraction of sp³-hybridized carbons (Fsp3) is 0.455. The number of ether oxygens (including phenoxy) is 2. The van der Waals surface area contributed by atoms with Gasteiger partial charge in [-0.3, -0.25) is 0 Å². The lowest BCUT2D eigenvalue weighted by Gasteiger charge is -2.07. The molecule has 1 heterocycles. The highest BCUT2D eigenvalue weighted by Gasteiger charge is 2.15. The second-order valence-electron chi connectivity index (χ2n) is 3.59. The van der Waals surface area contributed by atoms with Crippen molar-refractivity contribution in [1.29, 1.82) is 0 Å². The third kappa shape index (κ3) is 2.22. The molecule has 0 saturated carbocycles. The van der Waals surface area contributed by atoms with Crippen molar-refractivity contribution in [3.05, 3.63) is 23.3 Å². The van der Waals surface area contributed by atoms with Gasteiger partial charge in [-0.1, -0.05) is 0 Å². The molecule has 0 atom stereocenters. The maximum absolute atomic E-state index is 5.37. The van der Waals surface area contributed by atoms with E-state index in [1.165, 1.54) is 11.1 Å². The molecule has 1 aliphatic rings. The van der Waals surface area contributed by atoms with Crippen LogP contribution in [0, 0.1) is 6.92 Å². The van der Waals surface area contributed by atoms with Crippen LogP contribution in [0.1, 0.15) is 11.1 Å². The summed E-state index contributed by atoms with van der Waals surface area (Å²) in [6.07, 6.45) is 0.958. The van der Waals surface area contributed by atoms with Crippen LogP contribution in [-0.4, -0.2) is 20.0 Å². The molecule has 0 fully saturated rings. The summed E-state index contributed by atoms with van der Waals surface area (Å²) in [5, 5.41) is 3.10. The largest absolute Gasteiger partial charge is 0.454 e. The second-order valence-corrected chi connectivity index (χ2v) is 3.59. The lowest BCUT2D eigenvalue weighted by atomic mass is 10.0. The smallest absolute Gasteiger partial charge is 0.231 e. The average Bonchev–Trinajstić information content (AvgIpc) is 2.65. The summed E-state index contributed by atoms with van der Waals surface area (Å²) < 4.78 is 10.6. The molecule has 1 aliphatic heterocycles. The molecule has 0 unspecified atom stereocenters. The first-order valence-electron chi connectivity index (χ1n) is 5.11. The lowest BCUT2D eigenvalue weighted by Crippen LogP contribution is -2.24. The van der Waals surface area contributed by atoms with Crippen molar-refractivity contribution in [2.75, 3.05) is 20.0 Å². The summed E-state index contributed by atoms with van der Waals surface area (Å²) in [4.78, 5) is 0. The van der Waals surface area contributed by atoms with Crippen LogP contribution in [0.5, 0.6) is 11.5 Å². The van der Waals surface area contributed by atoms with E-state index in [2.05, 4.69) is 18.3 Å². The molecule has 0 saturated heterocycles. The Hall–Kier alpha value is -1.26. The molecule has 3 N–H and O–H groups in total. The van der Waals surface area contributed by atoms with Gasteiger partial charge in [0.25, 0.3) is 0 Å². The van der Waals surface area contributed by atoms with Crippen molar-refractivity contribution in [1.82, 2.24) is 5.32 Å². The summed E-state index contributed by atoms with van der Waals surface area (Å²) in [6, 6.07) is 4.08. The Labute approximate surface area is 89.4 Å². The van der Waals surface area contributed by atoms with E-state index in [1.807, 2.05) is 6.07 Å². The van der Waals surface area contributed by atoms with Crippen LogP contribution in [0.3, 0.4) is 0 Å². The molecule has 82 valence electrons.